The van der Waals surface area contributed by atoms with E-state index in [0.29, 0.717) is 11.9 Å². The Morgan fingerprint density at radius 3 is 2.07 bits per heavy atom. The van der Waals surface area contributed by atoms with E-state index in [9.17, 15) is 24.2 Å². The van der Waals surface area contributed by atoms with Crippen molar-refractivity contribution in [3.8, 4) is 0 Å². The molecule has 1 aliphatic heterocycles. The van der Waals surface area contributed by atoms with Crippen LogP contribution in [-0.2, 0) is 16.8 Å². The van der Waals surface area contributed by atoms with Crippen LogP contribution < -0.4 is 5.32 Å². The summed E-state index contributed by atoms with van der Waals surface area (Å²) in [4.78, 5) is 31.4. The monoisotopic (exact) mass is 577 g/mol. The minimum absolute atomic E-state index is 0.0561. The summed E-state index contributed by atoms with van der Waals surface area (Å²) in [6.07, 6.45) is -1.54. The number of carboxylic acid groups (broad SMARTS) is 2. The van der Waals surface area contributed by atoms with E-state index >= 15 is 4.39 Å². The lowest BCUT2D eigenvalue weighted by molar-refractivity contribution is -0.188. The van der Waals surface area contributed by atoms with Gasteiger partial charge in [-0.3, -0.25) is 9.48 Å². The normalized spacial score (nSPS) is 23.9. The van der Waals surface area contributed by atoms with Gasteiger partial charge in [-0.2, -0.15) is 5.10 Å². The van der Waals surface area contributed by atoms with Gasteiger partial charge in [0.2, 0.25) is 0 Å². The van der Waals surface area contributed by atoms with Gasteiger partial charge in [0.25, 0.3) is 0 Å². The average molecular weight is 578 g/mol. The predicted molar refractivity (Wildman–Crippen MR) is 153 cm³/mol. The van der Waals surface area contributed by atoms with Crippen LogP contribution in [0.5, 0.6) is 0 Å². The van der Waals surface area contributed by atoms with Crippen molar-refractivity contribution in [1.29, 1.82) is 0 Å². The molecular formula is C30H45F2N5O4. The van der Waals surface area contributed by atoms with Gasteiger partial charge in [-0.1, -0.05) is 41.5 Å². The molecule has 41 heavy (non-hydrogen) atoms. The van der Waals surface area contributed by atoms with E-state index in [1.54, 1.807) is 17.7 Å². The molecule has 228 valence electrons. The lowest BCUT2D eigenvalue weighted by atomic mass is 9.47. The molecule has 0 aliphatic carbocycles. The zero-order chi connectivity index (χ0) is 31.5. The molecule has 0 spiro atoms. The Kier molecular flexibility index (Phi) is 8.06. The van der Waals surface area contributed by atoms with Gasteiger partial charge in [-0.15, -0.1) is 0 Å². The second-order valence-corrected chi connectivity index (χ2v) is 14.6. The van der Waals surface area contributed by atoms with Crippen LogP contribution in [0.15, 0.2) is 12.1 Å². The summed E-state index contributed by atoms with van der Waals surface area (Å²) in [6.45, 7) is 20.8. The standard InChI is InChI=1S/C30H45F2N5O4/c1-17-14-21(35-37(17)28(8,9)10)34-22-19(32)15-18(31)20(33-22)16-30(24(38)39)12-13-36(25(40)41)29(11,27(5,6)7)23(30)26(2,3)4/h14-15,23H,12-13,16H2,1-11H3,(H,38,39)(H,40,41)(H,33,34,35)/t23?,29-,30-/m1/s1. The third kappa shape index (κ3) is 5.64. The zero-order valence-corrected chi connectivity index (χ0v) is 26.1. The topological polar surface area (TPSA) is 121 Å². The molecule has 1 aliphatic rings. The number of nitrogens with zero attached hydrogens (tertiary/aromatic N) is 4. The SMILES string of the molecule is Cc1cc(Nc2nc(C[C@]3(C(=O)O)CCN(C(=O)O)[C@@](C)(C(C)(C)C)C3C(C)(C)C)c(F)cc2F)nn1C(C)(C)C. The Morgan fingerprint density at radius 2 is 1.63 bits per heavy atom. The second-order valence-electron chi connectivity index (χ2n) is 14.6. The Balaban J connectivity index is 2.18. The molecule has 0 bridgehead atoms. The number of aromatic nitrogens is 3. The molecule has 1 saturated heterocycles. The van der Waals surface area contributed by atoms with Crippen LogP contribution in [-0.4, -0.2) is 54.0 Å². The molecule has 1 amide bonds. The average Bonchev–Trinajstić information content (AvgIpc) is 3.15. The fourth-order valence-corrected chi connectivity index (χ4v) is 7.03. The number of hydrogen-bond acceptors (Lipinski definition) is 5. The quantitative estimate of drug-likeness (QED) is 0.356. The van der Waals surface area contributed by atoms with E-state index < -0.39 is 51.4 Å². The van der Waals surface area contributed by atoms with Crippen molar-refractivity contribution in [2.24, 2.45) is 22.2 Å². The third-order valence-corrected chi connectivity index (χ3v) is 8.75. The second kappa shape index (κ2) is 10.2. The maximum absolute atomic E-state index is 15.4. The molecule has 11 heteroatoms. The Labute approximate surface area is 241 Å². The van der Waals surface area contributed by atoms with Gasteiger partial charge < -0.3 is 20.4 Å². The van der Waals surface area contributed by atoms with E-state index in [-0.39, 0.29) is 36.4 Å². The van der Waals surface area contributed by atoms with E-state index in [1.807, 2.05) is 69.2 Å². The number of carboxylic acids is 1. The number of amides is 1. The van der Waals surface area contributed by atoms with Crippen molar-refractivity contribution < 1.29 is 28.6 Å². The van der Waals surface area contributed by atoms with Crippen molar-refractivity contribution in [1.82, 2.24) is 19.7 Å². The van der Waals surface area contributed by atoms with Gasteiger partial charge in [0, 0.05) is 36.7 Å². The summed E-state index contributed by atoms with van der Waals surface area (Å²) in [5, 5.41) is 28.4. The third-order valence-electron chi connectivity index (χ3n) is 8.75. The molecule has 0 radical (unpaired) electrons. The van der Waals surface area contributed by atoms with Crippen molar-refractivity contribution >= 4 is 23.7 Å². The summed E-state index contributed by atoms with van der Waals surface area (Å²) in [5.74, 6) is -3.79. The number of aryl methyl sites for hydroxylation is 1. The molecular weight excluding hydrogens is 532 g/mol. The number of anilines is 2. The van der Waals surface area contributed by atoms with Crippen LogP contribution in [0.25, 0.3) is 0 Å². The van der Waals surface area contributed by atoms with Gasteiger partial charge in [0.05, 0.1) is 22.2 Å². The van der Waals surface area contributed by atoms with Crippen LogP contribution in [0.1, 0.15) is 87.0 Å². The van der Waals surface area contributed by atoms with Crippen molar-refractivity contribution in [2.75, 3.05) is 11.9 Å². The molecule has 1 unspecified atom stereocenters. The maximum Gasteiger partial charge on any atom is 0.407 e. The fraction of sp³-hybridized carbons (Fsp3) is 0.667. The molecule has 2 aromatic rings. The first-order valence-electron chi connectivity index (χ1n) is 13.9. The van der Waals surface area contributed by atoms with Crippen molar-refractivity contribution in [3.05, 3.63) is 35.2 Å². The van der Waals surface area contributed by atoms with E-state index in [4.69, 9.17) is 0 Å². The minimum Gasteiger partial charge on any atom is -0.481 e. The van der Waals surface area contributed by atoms with Gasteiger partial charge in [-0.05, 0) is 51.9 Å². The Bertz CT molecular complexity index is 1340. The smallest absolute Gasteiger partial charge is 0.407 e. The molecule has 0 saturated carbocycles. The van der Waals surface area contributed by atoms with Crippen LogP contribution in [0.4, 0.5) is 25.2 Å². The first-order valence-corrected chi connectivity index (χ1v) is 13.9. The van der Waals surface area contributed by atoms with Gasteiger partial charge in [-0.25, -0.2) is 18.6 Å². The number of halogens is 2. The number of hydrogen-bond donors (Lipinski definition) is 3. The predicted octanol–water partition coefficient (Wildman–Crippen LogP) is 6.83. The summed E-state index contributed by atoms with van der Waals surface area (Å²) in [5.41, 5.74) is -3.86. The molecule has 3 heterocycles. The summed E-state index contributed by atoms with van der Waals surface area (Å²) in [7, 11) is 0. The number of aliphatic carboxylic acids is 1. The van der Waals surface area contributed by atoms with E-state index in [1.165, 1.54) is 4.90 Å². The number of pyridine rings is 1. The fourth-order valence-electron chi connectivity index (χ4n) is 7.03. The highest BCUT2D eigenvalue weighted by Gasteiger charge is 2.66. The number of carbonyl (C=O) groups is 2. The molecule has 0 aromatic carbocycles. The highest BCUT2D eigenvalue weighted by molar-refractivity contribution is 5.77. The van der Waals surface area contributed by atoms with Crippen LogP contribution >= 0.6 is 0 Å². The van der Waals surface area contributed by atoms with Gasteiger partial charge in [0.15, 0.2) is 17.5 Å². The number of rotatable bonds is 5. The lowest BCUT2D eigenvalue weighted by Gasteiger charge is -2.64. The van der Waals surface area contributed by atoms with Crippen molar-refractivity contribution in [3.63, 3.8) is 0 Å². The van der Waals surface area contributed by atoms with Crippen molar-refractivity contribution in [2.45, 2.75) is 100 Å². The first-order chi connectivity index (χ1) is 18.5. The maximum atomic E-state index is 15.4. The molecule has 3 rings (SSSR count). The van der Waals surface area contributed by atoms with E-state index in [0.717, 1.165) is 5.69 Å². The van der Waals surface area contributed by atoms with Gasteiger partial charge in [0.1, 0.15) is 5.82 Å². The van der Waals surface area contributed by atoms with Gasteiger partial charge >= 0.3 is 12.1 Å². The highest BCUT2D eigenvalue weighted by atomic mass is 19.1. The molecule has 2 aromatic heterocycles. The molecule has 3 N–H and O–H groups in total. The molecule has 9 nitrogen and oxygen atoms in total. The largest absolute Gasteiger partial charge is 0.481 e. The number of nitrogens with one attached hydrogen (secondary N) is 1. The minimum atomic E-state index is -1.60. The summed E-state index contributed by atoms with van der Waals surface area (Å²) < 4.78 is 32.1. The summed E-state index contributed by atoms with van der Waals surface area (Å²) in [6, 6.07) is 2.43. The molecule has 1 fully saturated rings. The Morgan fingerprint density at radius 1 is 1.05 bits per heavy atom. The van der Waals surface area contributed by atoms with Crippen LogP contribution in [0.2, 0.25) is 0 Å². The first kappa shape index (κ1) is 32.3. The lowest BCUT2D eigenvalue weighted by Crippen LogP contribution is -2.72. The Hall–Kier alpha value is -3.24. The van der Waals surface area contributed by atoms with Crippen LogP contribution in [0.3, 0.4) is 0 Å². The molecule has 3 atom stereocenters. The highest BCUT2D eigenvalue weighted by Crippen LogP contribution is 2.60. The summed E-state index contributed by atoms with van der Waals surface area (Å²) >= 11 is 0. The zero-order valence-electron chi connectivity index (χ0n) is 26.1. The van der Waals surface area contributed by atoms with Crippen LogP contribution in [0, 0.1) is 40.7 Å². The van der Waals surface area contributed by atoms with E-state index in [2.05, 4.69) is 15.4 Å². The number of piperidine rings is 1. The number of likely N-dealkylation sites (tertiary alicyclic amines) is 1.